The van der Waals surface area contributed by atoms with Crippen LogP contribution in [0.4, 0.5) is 4.39 Å². The lowest BCUT2D eigenvalue weighted by molar-refractivity contribution is -0.126. The van der Waals surface area contributed by atoms with Crippen molar-refractivity contribution in [3.63, 3.8) is 0 Å². The number of benzene rings is 1. The number of Topliss-reactive ketones (excluding diaryl/α,β-unsaturated/α-hetero) is 1. The molecule has 3 nitrogen and oxygen atoms in total. The van der Waals surface area contributed by atoms with Gasteiger partial charge in [0.15, 0.2) is 5.78 Å². The van der Waals surface area contributed by atoms with Crippen LogP contribution >= 0.6 is 0 Å². The highest BCUT2D eigenvalue weighted by Crippen LogP contribution is 2.14. The molecule has 1 aromatic rings. The second-order valence-corrected chi connectivity index (χ2v) is 4.25. The van der Waals surface area contributed by atoms with Crippen LogP contribution in [0.3, 0.4) is 0 Å². The first-order valence-electron chi connectivity index (χ1n) is 5.72. The van der Waals surface area contributed by atoms with Crippen molar-refractivity contribution in [2.24, 2.45) is 0 Å². The smallest absolute Gasteiger partial charge is 0.225 e. The van der Waals surface area contributed by atoms with Crippen LogP contribution in [-0.4, -0.2) is 17.7 Å². The monoisotopic (exact) mass is 235 g/mol. The number of rotatable bonds is 3. The molecule has 0 saturated heterocycles. The van der Waals surface area contributed by atoms with E-state index in [2.05, 4.69) is 5.32 Å². The van der Waals surface area contributed by atoms with Gasteiger partial charge in [-0.1, -0.05) is 18.2 Å². The SMILES string of the molecule is O=C(Cc1ccccc1F)N[C@@H]1CCCC1=O. The summed E-state index contributed by atoms with van der Waals surface area (Å²) in [6.45, 7) is 0. The van der Waals surface area contributed by atoms with Gasteiger partial charge in [0, 0.05) is 6.42 Å². The van der Waals surface area contributed by atoms with Gasteiger partial charge in [0.2, 0.25) is 5.91 Å². The quantitative estimate of drug-likeness (QED) is 0.865. The maximum Gasteiger partial charge on any atom is 0.225 e. The number of carbonyl (C=O) groups excluding carboxylic acids is 2. The largest absolute Gasteiger partial charge is 0.346 e. The summed E-state index contributed by atoms with van der Waals surface area (Å²) < 4.78 is 13.3. The van der Waals surface area contributed by atoms with E-state index in [9.17, 15) is 14.0 Å². The third-order valence-corrected chi connectivity index (χ3v) is 2.95. The molecule has 0 unspecified atom stereocenters. The maximum atomic E-state index is 13.3. The zero-order valence-electron chi connectivity index (χ0n) is 9.41. The average molecular weight is 235 g/mol. The molecule has 0 heterocycles. The molecule has 1 saturated carbocycles. The minimum atomic E-state index is -0.389. The van der Waals surface area contributed by atoms with E-state index in [0.29, 0.717) is 18.4 Å². The molecule has 0 spiro atoms. The van der Waals surface area contributed by atoms with Crippen molar-refractivity contribution < 1.29 is 14.0 Å². The number of hydrogen-bond acceptors (Lipinski definition) is 2. The molecule has 1 aliphatic carbocycles. The van der Waals surface area contributed by atoms with E-state index in [0.717, 1.165) is 6.42 Å². The maximum absolute atomic E-state index is 13.3. The Labute approximate surface area is 99.0 Å². The zero-order valence-corrected chi connectivity index (χ0v) is 9.41. The van der Waals surface area contributed by atoms with Gasteiger partial charge in [0.05, 0.1) is 12.5 Å². The van der Waals surface area contributed by atoms with Crippen molar-refractivity contribution in [2.75, 3.05) is 0 Å². The van der Waals surface area contributed by atoms with Crippen LogP contribution in [0.25, 0.3) is 0 Å². The fourth-order valence-electron chi connectivity index (χ4n) is 2.03. The van der Waals surface area contributed by atoms with Gasteiger partial charge in [-0.15, -0.1) is 0 Å². The van der Waals surface area contributed by atoms with Gasteiger partial charge in [-0.25, -0.2) is 4.39 Å². The van der Waals surface area contributed by atoms with Gasteiger partial charge in [0.1, 0.15) is 5.82 Å². The molecule has 1 N–H and O–H groups in total. The molecule has 2 rings (SSSR count). The predicted octanol–water partition coefficient (Wildman–Crippen LogP) is 1.61. The first-order chi connectivity index (χ1) is 8.16. The summed E-state index contributed by atoms with van der Waals surface area (Å²) in [5.74, 6) is -0.609. The number of amides is 1. The van der Waals surface area contributed by atoms with E-state index in [1.165, 1.54) is 6.07 Å². The molecule has 0 aliphatic heterocycles. The molecular formula is C13H14FNO2. The highest BCUT2D eigenvalue weighted by atomic mass is 19.1. The molecule has 1 aliphatic rings. The van der Waals surface area contributed by atoms with E-state index in [-0.39, 0.29) is 30.0 Å². The van der Waals surface area contributed by atoms with Crippen LogP contribution in [0, 0.1) is 5.82 Å². The Morgan fingerprint density at radius 3 is 2.82 bits per heavy atom. The minimum Gasteiger partial charge on any atom is -0.346 e. The van der Waals surface area contributed by atoms with E-state index in [1.807, 2.05) is 0 Å². The van der Waals surface area contributed by atoms with Crippen molar-refractivity contribution in [1.29, 1.82) is 0 Å². The highest BCUT2D eigenvalue weighted by Gasteiger charge is 2.25. The Hall–Kier alpha value is -1.71. The number of nitrogens with one attached hydrogen (secondary N) is 1. The van der Waals surface area contributed by atoms with Crippen molar-refractivity contribution in [1.82, 2.24) is 5.32 Å². The lowest BCUT2D eigenvalue weighted by Crippen LogP contribution is -2.38. The molecule has 17 heavy (non-hydrogen) atoms. The van der Waals surface area contributed by atoms with Gasteiger partial charge in [0.25, 0.3) is 0 Å². The summed E-state index contributed by atoms with van der Waals surface area (Å²) in [5, 5.41) is 2.65. The summed E-state index contributed by atoms with van der Waals surface area (Å²) in [5.41, 5.74) is 0.357. The van der Waals surface area contributed by atoms with E-state index in [4.69, 9.17) is 0 Å². The third kappa shape index (κ3) is 2.90. The minimum absolute atomic E-state index is 0.0174. The average Bonchev–Trinajstić information content (AvgIpc) is 2.68. The Balaban J connectivity index is 1.93. The Morgan fingerprint density at radius 1 is 1.41 bits per heavy atom. The van der Waals surface area contributed by atoms with Crippen LogP contribution in [0.5, 0.6) is 0 Å². The molecule has 0 radical (unpaired) electrons. The van der Waals surface area contributed by atoms with Crippen LogP contribution in [0.2, 0.25) is 0 Å². The number of carbonyl (C=O) groups is 2. The van der Waals surface area contributed by atoms with Crippen LogP contribution in [0.15, 0.2) is 24.3 Å². The molecule has 4 heteroatoms. The van der Waals surface area contributed by atoms with Crippen molar-refractivity contribution in [3.8, 4) is 0 Å². The molecule has 1 amide bonds. The lowest BCUT2D eigenvalue weighted by Gasteiger charge is -2.10. The van der Waals surface area contributed by atoms with Crippen molar-refractivity contribution in [3.05, 3.63) is 35.6 Å². The van der Waals surface area contributed by atoms with Crippen molar-refractivity contribution in [2.45, 2.75) is 31.7 Å². The summed E-state index contributed by atoms with van der Waals surface area (Å²) >= 11 is 0. The van der Waals surface area contributed by atoms with Gasteiger partial charge in [-0.3, -0.25) is 9.59 Å². The zero-order chi connectivity index (χ0) is 12.3. The van der Waals surface area contributed by atoms with Crippen LogP contribution in [-0.2, 0) is 16.0 Å². The fourth-order valence-corrected chi connectivity index (χ4v) is 2.03. The molecule has 1 fully saturated rings. The summed E-state index contributed by atoms with van der Waals surface area (Å²) in [7, 11) is 0. The Kier molecular flexibility index (Phi) is 3.52. The topological polar surface area (TPSA) is 46.2 Å². The van der Waals surface area contributed by atoms with Gasteiger partial charge < -0.3 is 5.32 Å². The first kappa shape index (κ1) is 11.8. The summed E-state index contributed by atoms with van der Waals surface area (Å²) in [4.78, 5) is 23.0. The van der Waals surface area contributed by atoms with Gasteiger partial charge in [-0.05, 0) is 24.5 Å². The molecule has 90 valence electrons. The molecule has 0 bridgehead atoms. The molecule has 0 aromatic heterocycles. The Morgan fingerprint density at radius 2 is 2.18 bits per heavy atom. The number of halogens is 1. The normalized spacial score (nSPS) is 19.4. The molecule has 1 atom stereocenters. The van der Waals surface area contributed by atoms with Gasteiger partial charge in [-0.2, -0.15) is 0 Å². The summed E-state index contributed by atoms with van der Waals surface area (Å²) in [6.07, 6.45) is 2.03. The lowest BCUT2D eigenvalue weighted by atomic mass is 10.1. The predicted molar refractivity (Wildman–Crippen MR) is 60.9 cm³/mol. The number of ketones is 1. The number of hydrogen-bond donors (Lipinski definition) is 1. The fraction of sp³-hybridized carbons (Fsp3) is 0.385. The van der Waals surface area contributed by atoms with E-state index >= 15 is 0 Å². The van der Waals surface area contributed by atoms with Gasteiger partial charge >= 0.3 is 0 Å². The van der Waals surface area contributed by atoms with E-state index in [1.54, 1.807) is 18.2 Å². The summed E-state index contributed by atoms with van der Waals surface area (Å²) in [6, 6.07) is 5.80. The van der Waals surface area contributed by atoms with Crippen LogP contribution < -0.4 is 5.32 Å². The highest BCUT2D eigenvalue weighted by molar-refractivity contribution is 5.91. The molecular weight excluding hydrogens is 221 g/mol. The third-order valence-electron chi connectivity index (χ3n) is 2.95. The van der Waals surface area contributed by atoms with Crippen molar-refractivity contribution >= 4 is 11.7 Å². The second kappa shape index (κ2) is 5.08. The standard InChI is InChI=1S/C13H14FNO2/c14-10-5-2-1-4-9(10)8-13(17)15-11-6-3-7-12(11)16/h1-2,4-5,11H,3,6-8H2,(H,15,17)/t11-/m1/s1. The second-order valence-electron chi connectivity index (χ2n) is 4.25. The first-order valence-corrected chi connectivity index (χ1v) is 5.72. The van der Waals surface area contributed by atoms with E-state index < -0.39 is 0 Å². The van der Waals surface area contributed by atoms with Crippen LogP contribution in [0.1, 0.15) is 24.8 Å². The molecule has 1 aromatic carbocycles. The Bertz CT molecular complexity index is 445.